The van der Waals surface area contributed by atoms with Gasteiger partial charge >= 0.3 is 5.97 Å². The molecule has 1 heterocycles. The van der Waals surface area contributed by atoms with Crippen molar-refractivity contribution in [2.45, 2.75) is 43.2 Å². The summed E-state index contributed by atoms with van der Waals surface area (Å²) in [7, 11) is -3.78. The Bertz CT molecular complexity index is 627. The van der Waals surface area contributed by atoms with Gasteiger partial charge in [0, 0.05) is 12.0 Å². The lowest BCUT2D eigenvalue weighted by Crippen LogP contribution is -2.36. The summed E-state index contributed by atoms with van der Waals surface area (Å²) in [5, 5.41) is 9.67. The van der Waals surface area contributed by atoms with Crippen LogP contribution >= 0.6 is 11.3 Å². The summed E-state index contributed by atoms with van der Waals surface area (Å²) >= 11 is 1.12. The molecule has 0 amide bonds. The van der Waals surface area contributed by atoms with E-state index < -0.39 is 22.5 Å². The number of carboxylic acids is 1. The quantitative estimate of drug-likeness (QED) is 0.860. The topological polar surface area (TPSA) is 87.6 Å². The predicted molar refractivity (Wildman–Crippen MR) is 79.9 cm³/mol. The number of thiazole rings is 1. The maximum atomic E-state index is 12.6. The molecule has 1 aliphatic rings. The van der Waals surface area contributed by atoms with Gasteiger partial charge < -0.3 is 5.11 Å². The molecule has 1 N–H and O–H groups in total. The van der Waals surface area contributed by atoms with E-state index in [1.807, 2.05) is 20.8 Å². The van der Waals surface area contributed by atoms with Crippen molar-refractivity contribution in [3.8, 4) is 0 Å². The average molecular weight is 332 g/mol. The van der Waals surface area contributed by atoms with E-state index >= 15 is 0 Å². The van der Waals surface area contributed by atoms with Crippen LogP contribution in [0.2, 0.25) is 0 Å². The summed E-state index contributed by atoms with van der Waals surface area (Å²) in [5.41, 5.74) is -0.230. The molecule has 118 valence electrons. The van der Waals surface area contributed by atoms with Gasteiger partial charge in [-0.3, -0.25) is 4.79 Å². The van der Waals surface area contributed by atoms with Crippen LogP contribution in [0.5, 0.6) is 0 Å². The molecular weight excluding hydrogens is 312 g/mol. The van der Waals surface area contributed by atoms with Gasteiger partial charge in [0.2, 0.25) is 0 Å². The molecule has 0 bridgehead atoms. The van der Waals surface area contributed by atoms with Gasteiger partial charge in [0.25, 0.3) is 10.0 Å². The first kappa shape index (κ1) is 16.4. The maximum Gasteiger partial charge on any atom is 0.318 e. The van der Waals surface area contributed by atoms with E-state index in [1.165, 1.54) is 6.20 Å². The van der Waals surface area contributed by atoms with Crippen LogP contribution in [0.3, 0.4) is 0 Å². The van der Waals surface area contributed by atoms with E-state index in [0.717, 1.165) is 33.5 Å². The minimum atomic E-state index is -3.78. The summed E-state index contributed by atoms with van der Waals surface area (Å²) in [6.07, 6.45) is 3.26. The molecule has 1 saturated carbocycles. The van der Waals surface area contributed by atoms with Gasteiger partial charge in [-0.1, -0.05) is 20.8 Å². The van der Waals surface area contributed by atoms with Gasteiger partial charge in [0.05, 0.1) is 11.2 Å². The highest BCUT2D eigenvalue weighted by Crippen LogP contribution is 2.34. The number of sulfonamides is 1. The normalized spacial score (nSPS) is 16.4. The van der Waals surface area contributed by atoms with Gasteiger partial charge in [0.15, 0.2) is 4.21 Å². The van der Waals surface area contributed by atoms with Crippen molar-refractivity contribution < 1.29 is 18.3 Å². The number of hydrogen-bond donors (Lipinski definition) is 1. The largest absolute Gasteiger partial charge is 0.480 e. The zero-order valence-electron chi connectivity index (χ0n) is 12.4. The van der Waals surface area contributed by atoms with Crippen molar-refractivity contribution in [3.63, 3.8) is 0 Å². The second kappa shape index (κ2) is 5.66. The molecular formula is C13H20N2O4S2. The SMILES string of the molecule is CC(C)(C)c1ncc(S(=O)(=O)N(CC(=O)O)CC2CC2)s1. The van der Waals surface area contributed by atoms with Crippen LogP contribution in [-0.4, -0.2) is 41.9 Å². The lowest BCUT2D eigenvalue weighted by atomic mass is 9.98. The van der Waals surface area contributed by atoms with Crippen molar-refractivity contribution in [1.29, 1.82) is 0 Å². The minimum Gasteiger partial charge on any atom is -0.480 e. The summed E-state index contributed by atoms with van der Waals surface area (Å²) in [6, 6.07) is 0. The van der Waals surface area contributed by atoms with Crippen LogP contribution < -0.4 is 0 Å². The van der Waals surface area contributed by atoms with Gasteiger partial charge in [-0.2, -0.15) is 4.31 Å². The highest BCUT2D eigenvalue weighted by molar-refractivity contribution is 7.91. The maximum absolute atomic E-state index is 12.6. The molecule has 2 rings (SSSR count). The zero-order chi connectivity index (χ0) is 15.8. The number of aliphatic carboxylic acids is 1. The fourth-order valence-electron chi connectivity index (χ4n) is 1.84. The Morgan fingerprint density at radius 1 is 1.48 bits per heavy atom. The van der Waals surface area contributed by atoms with E-state index in [0.29, 0.717) is 0 Å². The van der Waals surface area contributed by atoms with Crippen LogP contribution in [0.25, 0.3) is 0 Å². The number of carboxylic acid groups (broad SMARTS) is 1. The lowest BCUT2D eigenvalue weighted by molar-refractivity contribution is -0.137. The standard InChI is InChI=1S/C13H20N2O4S2/c1-13(2,3)12-14-6-11(20-12)21(18,19)15(8-10(16)17)7-9-4-5-9/h6,9H,4-5,7-8H2,1-3H3,(H,16,17). The van der Waals surface area contributed by atoms with Gasteiger partial charge in [-0.25, -0.2) is 13.4 Å². The first-order chi connectivity index (χ1) is 9.60. The smallest absolute Gasteiger partial charge is 0.318 e. The van der Waals surface area contributed by atoms with Gasteiger partial charge in [-0.15, -0.1) is 11.3 Å². The predicted octanol–water partition coefficient (Wildman–Crippen LogP) is 1.93. The highest BCUT2D eigenvalue weighted by Gasteiger charge is 2.34. The Morgan fingerprint density at radius 3 is 2.52 bits per heavy atom. The van der Waals surface area contributed by atoms with E-state index in [9.17, 15) is 13.2 Å². The summed E-state index contributed by atoms with van der Waals surface area (Å²) < 4.78 is 26.4. The van der Waals surface area contributed by atoms with Crippen molar-refractivity contribution in [2.24, 2.45) is 5.92 Å². The average Bonchev–Trinajstić information content (AvgIpc) is 2.99. The number of rotatable bonds is 6. The molecule has 0 atom stereocenters. The number of aromatic nitrogens is 1. The van der Waals surface area contributed by atoms with Gasteiger partial charge in [0.1, 0.15) is 6.54 Å². The molecule has 1 aromatic rings. The Hall–Kier alpha value is -0.990. The van der Waals surface area contributed by atoms with Gasteiger partial charge in [-0.05, 0) is 18.8 Å². The monoisotopic (exact) mass is 332 g/mol. The molecule has 1 fully saturated rings. The summed E-state index contributed by atoms with van der Waals surface area (Å²) in [5.74, 6) is -0.853. The zero-order valence-corrected chi connectivity index (χ0v) is 14.0. The number of nitrogens with zero attached hydrogens (tertiary/aromatic N) is 2. The Balaban J connectivity index is 2.28. The number of hydrogen-bond acceptors (Lipinski definition) is 5. The molecule has 0 aliphatic heterocycles. The summed E-state index contributed by atoms with van der Waals surface area (Å²) in [4.78, 5) is 15.1. The molecule has 0 saturated heterocycles. The van der Waals surface area contributed by atoms with E-state index in [4.69, 9.17) is 5.11 Å². The first-order valence-corrected chi connectivity index (χ1v) is 9.04. The van der Waals surface area contributed by atoms with Crippen molar-refractivity contribution in [3.05, 3.63) is 11.2 Å². The Labute approximate surface area is 128 Å². The van der Waals surface area contributed by atoms with Crippen LogP contribution in [0.15, 0.2) is 10.4 Å². The second-order valence-electron chi connectivity index (χ2n) is 6.37. The van der Waals surface area contributed by atoms with E-state index in [-0.39, 0.29) is 22.1 Å². The fraction of sp³-hybridized carbons (Fsp3) is 0.692. The molecule has 0 spiro atoms. The third-order valence-electron chi connectivity index (χ3n) is 3.19. The molecule has 0 aromatic carbocycles. The third kappa shape index (κ3) is 4.02. The number of carbonyl (C=O) groups is 1. The second-order valence-corrected chi connectivity index (χ2v) is 9.56. The Kier molecular flexibility index (Phi) is 4.41. The van der Waals surface area contributed by atoms with Crippen LogP contribution in [0, 0.1) is 5.92 Å². The molecule has 8 heteroatoms. The van der Waals surface area contributed by atoms with Crippen LogP contribution in [-0.2, 0) is 20.2 Å². The highest BCUT2D eigenvalue weighted by atomic mass is 32.2. The van der Waals surface area contributed by atoms with Crippen LogP contribution in [0.1, 0.15) is 38.6 Å². The molecule has 6 nitrogen and oxygen atoms in total. The Morgan fingerprint density at radius 2 is 2.10 bits per heavy atom. The molecule has 0 unspecified atom stereocenters. The molecule has 0 radical (unpaired) electrons. The summed E-state index contributed by atoms with van der Waals surface area (Å²) in [6.45, 7) is 5.66. The van der Waals surface area contributed by atoms with E-state index in [2.05, 4.69) is 4.98 Å². The third-order valence-corrected chi connectivity index (χ3v) is 6.86. The van der Waals surface area contributed by atoms with Crippen molar-refractivity contribution >= 4 is 27.3 Å². The first-order valence-electron chi connectivity index (χ1n) is 6.79. The van der Waals surface area contributed by atoms with E-state index in [1.54, 1.807) is 0 Å². The van der Waals surface area contributed by atoms with Crippen molar-refractivity contribution in [2.75, 3.05) is 13.1 Å². The molecule has 1 aromatic heterocycles. The minimum absolute atomic E-state index is 0.120. The molecule has 1 aliphatic carbocycles. The molecule has 21 heavy (non-hydrogen) atoms. The fourth-order valence-corrected chi connectivity index (χ4v) is 4.65. The van der Waals surface area contributed by atoms with Crippen molar-refractivity contribution in [1.82, 2.24) is 9.29 Å². The lowest BCUT2D eigenvalue weighted by Gasteiger charge is -2.19. The van der Waals surface area contributed by atoms with Crippen LogP contribution in [0.4, 0.5) is 0 Å².